The second-order valence-electron chi connectivity index (χ2n) is 5.67. The van der Waals surface area contributed by atoms with Crippen molar-refractivity contribution >= 4 is 29.1 Å². The van der Waals surface area contributed by atoms with Crippen molar-refractivity contribution in [1.82, 2.24) is 10.3 Å². The van der Waals surface area contributed by atoms with E-state index in [4.69, 9.17) is 11.6 Å². The summed E-state index contributed by atoms with van der Waals surface area (Å²) >= 11 is 6.15. The van der Waals surface area contributed by atoms with Crippen molar-refractivity contribution in [2.75, 3.05) is 11.4 Å². The molecule has 1 fully saturated rings. The van der Waals surface area contributed by atoms with Gasteiger partial charge in [-0.05, 0) is 37.1 Å². The summed E-state index contributed by atoms with van der Waals surface area (Å²) < 4.78 is 0. The Morgan fingerprint density at radius 3 is 2.79 bits per heavy atom. The lowest BCUT2D eigenvalue weighted by atomic mass is 10.2. The van der Waals surface area contributed by atoms with Gasteiger partial charge in [0.25, 0.3) is 0 Å². The Bertz CT molecular complexity index is 736. The lowest BCUT2D eigenvalue weighted by molar-refractivity contribution is -0.126. The predicted molar refractivity (Wildman–Crippen MR) is 92.9 cm³/mol. The van der Waals surface area contributed by atoms with E-state index in [9.17, 15) is 9.59 Å². The summed E-state index contributed by atoms with van der Waals surface area (Å²) in [6, 6.07) is 12.3. The molecule has 1 aromatic carbocycles. The van der Waals surface area contributed by atoms with Crippen LogP contribution in [0.25, 0.3) is 0 Å². The zero-order valence-corrected chi connectivity index (χ0v) is 13.9. The fourth-order valence-electron chi connectivity index (χ4n) is 2.78. The number of anilines is 1. The molecule has 0 aliphatic carbocycles. The molecule has 0 spiro atoms. The first-order valence-electron chi connectivity index (χ1n) is 7.90. The molecule has 0 saturated carbocycles. The van der Waals surface area contributed by atoms with E-state index in [0.29, 0.717) is 36.5 Å². The van der Waals surface area contributed by atoms with Crippen LogP contribution in [0, 0.1) is 0 Å². The highest BCUT2D eigenvalue weighted by atomic mass is 35.5. The number of amides is 2. The molecule has 5 nitrogen and oxygen atoms in total. The van der Waals surface area contributed by atoms with Gasteiger partial charge in [-0.15, -0.1) is 0 Å². The fourth-order valence-corrected chi connectivity index (χ4v) is 3.02. The van der Waals surface area contributed by atoms with E-state index in [0.717, 1.165) is 5.69 Å². The number of carbonyl (C=O) groups excluding carboxylic acids is 2. The number of pyridine rings is 1. The molecule has 1 N–H and O–H groups in total. The first-order chi connectivity index (χ1) is 11.6. The van der Waals surface area contributed by atoms with Crippen molar-refractivity contribution in [3.05, 3.63) is 59.4 Å². The molecule has 3 rings (SSSR count). The van der Waals surface area contributed by atoms with Crippen molar-refractivity contribution < 1.29 is 9.59 Å². The molecule has 2 heterocycles. The maximum atomic E-state index is 12.5. The molecular weight excluding hydrogens is 326 g/mol. The summed E-state index contributed by atoms with van der Waals surface area (Å²) in [5, 5.41) is 3.35. The van der Waals surface area contributed by atoms with Gasteiger partial charge in [0.05, 0.1) is 10.7 Å². The molecule has 1 saturated heterocycles. The number of aryl methyl sites for hydroxylation is 1. The molecule has 1 aromatic heterocycles. The van der Waals surface area contributed by atoms with Gasteiger partial charge in [-0.3, -0.25) is 14.6 Å². The van der Waals surface area contributed by atoms with Crippen LogP contribution < -0.4 is 10.2 Å². The number of hydrogen-bond acceptors (Lipinski definition) is 3. The van der Waals surface area contributed by atoms with Gasteiger partial charge in [0.1, 0.15) is 6.04 Å². The van der Waals surface area contributed by atoms with Crippen LogP contribution in [0.5, 0.6) is 0 Å². The average Bonchev–Trinajstić information content (AvgIpc) is 2.95. The minimum absolute atomic E-state index is 0.116. The number of rotatable bonds is 5. The SMILES string of the molecule is O=C(CCc1ccccn1)N[C@@H]1CCN(c2ccccc2Cl)C1=O. The van der Waals surface area contributed by atoms with Gasteiger partial charge >= 0.3 is 0 Å². The minimum atomic E-state index is -0.488. The quantitative estimate of drug-likeness (QED) is 0.907. The lowest BCUT2D eigenvalue weighted by Gasteiger charge is -2.18. The molecule has 2 aromatic rings. The van der Waals surface area contributed by atoms with Crippen LogP contribution in [0.15, 0.2) is 48.7 Å². The van der Waals surface area contributed by atoms with Crippen LogP contribution in [0.1, 0.15) is 18.5 Å². The minimum Gasteiger partial charge on any atom is -0.344 e. The summed E-state index contributed by atoms with van der Waals surface area (Å²) in [6.45, 7) is 0.549. The molecule has 124 valence electrons. The van der Waals surface area contributed by atoms with Gasteiger partial charge in [-0.1, -0.05) is 29.8 Å². The number of nitrogens with one attached hydrogen (secondary N) is 1. The number of halogens is 1. The molecule has 24 heavy (non-hydrogen) atoms. The van der Waals surface area contributed by atoms with Crippen LogP contribution in [-0.4, -0.2) is 29.4 Å². The number of nitrogens with zero attached hydrogens (tertiary/aromatic N) is 2. The topological polar surface area (TPSA) is 62.3 Å². The Morgan fingerprint density at radius 2 is 2.04 bits per heavy atom. The van der Waals surface area contributed by atoms with Crippen LogP contribution >= 0.6 is 11.6 Å². The number of aromatic nitrogens is 1. The summed E-state index contributed by atoms with van der Waals surface area (Å²) in [7, 11) is 0. The highest BCUT2D eigenvalue weighted by Gasteiger charge is 2.34. The average molecular weight is 344 g/mol. The van der Waals surface area contributed by atoms with E-state index in [-0.39, 0.29) is 11.8 Å². The van der Waals surface area contributed by atoms with Crippen molar-refractivity contribution in [3.63, 3.8) is 0 Å². The molecule has 6 heteroatoms. The summed E-state index contributed by atoms with van der Waals surface area (Å²) in [6.07, 6.45) is 3.16. The number of para-hydroxylation sites is 1. The zero-order valence-electron chi connectivity index (χ0n) is 13.1. The van der Waals surface area contributed by atoms with Gasteiger partial charge in [0.2, 0.25) is 11.8 Å². The smallest absolute Gasteiger partial charge is 0.249 e. The molecule has 1 aliphatic heterocycles. The Hall–Kier alpha value is -2.40. The Labute approximate surface area is 145 Å². The molecule has 0 radical (unpaired) electrons. The molecular formula is C18H18ClN3O2. The van der Waals surface area contributed by atoms with Crippen molar-refractivity contribution in [2.24, 2.45) is 0 Å². The van der Waals surface area contributed by atoms with Gasteiger partial charge in [-0.25, -0.2) is 0 Å². The van der Waals surface area contributed by atoms with E-state index < -0.39 is 6.04 Å². The van der Waals surface area contributed by atoms with Gasteiger partial charge < -0.3 is 10.2 Å². The zero-order chi connectivity index (χ0) is 16.9. The number of hydrogen-bond donors (Lipinski definition) is 1. The molecule has 0 bridgehead atoms. The Kier molecular flexibility index (Phi) is 5.11. The van der Waals surface area contributed by atoms with Crippen LogP contribution in [0.2, 0.25) is 5.02 Å². The van der Waals surface area contributed by atoms with Crippen molar-refractivity contribution in [1.29, 1.82) is 0 Å². The summed E-state index contributed by atoms with van der Waals surface area (Å²) in [5.41, 5.74) is 1.55. The Balaban J connectivity index is 1.56. The second-order valence-corrected chi connectivity index (χ2v) is 6.08. The molecule has 2 amide bonds. The van der Waals surface area contributed by atoms with Crippen molar-refractivity contribution in [3.8, 4) is 0 Å². The standard InChI is InChI=1S/C18H18ClN3O2/c19-14-6-1-2-7-16(14)22-12-10-15(18(22)24)21-17(23)9-8-13-5-3-4-11-20-13/h1-7,11,15H,8-10,12H2,(H,21,23)/t15-/m1/s1. The third kappa shape index (κ3) is 3.74. The third-order valence-corrected chi connectivity index (χ3v) is 4.34. The van der Waals surface area contributed by atoms with Gasteiger partial charge in [0.15, 0.2) is 0 Å². The normalized spacial score (nSPS) is 17.1. The lowest BCUT2D eigenvalue weighted by Crippen LogP contribution is -2.41. The second kappa shape index (κ2) is 7.45. The predicted octanol–water partition coefficient (Wildman–Crippen LogP) is 2.59. The fraction of sp³-hybridized carbons (Fsp3) is 0.278. The van der Waals surface area contributed by atoms with E-state index in [1.54, 1.807) is 17.2 Å². The highest BCUT2D eigenvalue weighted by molar-refractivity contribution is 6.34. The van der Waals surface area contributed by atoms with Gasteiger partial charge in [-0.2, -0.15) is 0 Å². The first kappa shape index (κ1) is 16.5. The monoisotopic (exact) mass is 343 g/mol. The van der Waals surface area contributed by atoms with E-state index in [2.05, 4.69) is 10.3 Å². The molecule has 1 atom stereocenters. The third-order valence-electron chi connectivity index (χ3n) is 4.02. The molecule has 1 aliphatic rings. The van der Waals surface area contributed by atoms with Gasteiger partial charge in [0, 0.05) is 24.9 Å². The summed E-state index contributed by atoms with van der Waals surface area (Å²) in [5.74, 6) is -0.255. The summed E-state index contributed by atoms with van der Waals surface area (Å²) in [4.78, 5) is 30.4. The highest BCUT2D eigenvalue weighted by Crippen LogP contribution is 2.28. The maximum absolute atomic E-state index is 12.5. The first-order valence-corrected chi connectivity index (χ1v) is 8.28. The van der Waals surface area contributed by atoms with Crippen LogP contribution in [-0.2, 0) is 16.0 Å². The van der Waals surface area contributed by atoms with E-state index >= 15 is 0 Å². The van der Waals surface area contributed by atoms with Crippen LogP contribution in [0.4, 0.5) is 5.69 Å². The van der Waals surface area contributed by atoms with Crippen LogP contribution in [0.3, 0.4) is 0 Å². The number of benzene rings is 1. The van der Waals surface area contributed by atoms with Crippen molar-refractivity contribution in [2.45, 2.75) is 25.3 Å². The molecule has 0 unspecified atom stereocenters. The van der Waals surface area contributed by atoms with E-state index in [1.165, 1.54) is 0 Å². The van der Waals surface area contributed by atoms with E-state index in [1.807, 2.05) is 36.4 Å². The number of carbonyl (C=O) groups is 2. The maximum Gasteiger partial charge on any atom is 0.249 e. The largest absolute Gasteiger partial charge is 0.344 e. The Morgan fingerprint density at radius 1 is 1.25 bits per heavy atom.